The van der Waals surface area contributed by atoms with Crippen molar-refractivity contribution in [3.63, 3.8) is 0 Å². The summed E-state index contributed by atoms with van der Waals surface area (Å²) >= 11 is 0. The molecule has 1 atom stereocenters. The number of nitrogens with zero attached hydrogens (tertiary/aromatic N) is 3. The standard InChI is InChI=1S/C20H30F3N5O.C5H11N.C3H8.C2H6/c1-3-5-9-15(4-2)26-19-25-14-16(20(21,22)23)18(27-19)24-11-8-13-28-12-7-6-10-17(28)29;1-5-2-3-6-4-5;1-3-2;1-2/h9,14H,3-8,10-13H2,1-2H3,(H2,24,25,26,27);5-6H,2-4H2,1H3;3H2,1-2H3;1-2H3/b15-9+;;;. The van der Waals surface area contributed by atoms with Crippen molar-refractivity contribution in [2.45, 2.75) is 112 Å². The van der Waals surface area contributed by atoms with Gasteiger partial charge in [-0.15, -0.1) is 0 Å². The molecule has 40 heavy (non-hydrogen) atoms. The monoisotopic (exact) mass is 572 g/mol. The zero-order chi connectivity index (χ0) is 30.4. The van der Waals surface area contributed by atoms with Crippen LogP contribution in [0.15, 0.2) is 18.0 Å². The average molecular weight is 573 g/mol. The molecule has 3 N–H and O–H groups in total. The Morgan fingerprint density at radius 1 is 1.20 bits per heavy atom. The third-order valence-electron chi connectivity index (χ3n) is 6.05. The Morgan fingerprint density at radius 3 is 2.40 bits per heavy atom. The van der Waals surface area contributed by atoms with E-state index in [1.807, 2.05) is 26.8 Å². The summed E-state index contributed by atoms with van der Waals surface area (Å²) < 4.78 is 40.0. The lowest BCUT2D eigenvalue weighted by molar-refractivity contribution is -0.137. The van der Waals surface area contributed by atoms with Crippen LogP contribution in [0, 0.1) is 5.92 Å². The van der Waals surface area contributed by atoms with Crippen LogP contribution >= 0.6 is 0 Å². The maximum absolute atomic E-state index is 13.3. The SMILES string of the molecule is CC.CC1CCNC1.CCC.CCC/C=C(\CC)Nc1ncc(C(F)(F)F)c(NCCCN2CCCCC2=O)n1. The molecule has 10 heteroatoms. The highest BCUT2D eigenvalue weighted by Gasteiger charge is 2.35. The van der Waals surface area contributed by atoms with E-state index < -0.39 is 11.7 Å². The minimum Gasteiger partial charge on any atom is -0.369 e. The van der Waals surface area contributed by atoms with E-state index in [1.165, 1.54) is 25.9 Å². The molecule has 1 amide bonds. The van der Waals surface area contributed by atoms with E-state index >= 15 is 0 Å². The number of allylic oxidation sites excluding steroid dienone is 2. The van der Waals surface area contributed by atoms with Crippen LogP contribution in [0.4, 0.5) is 24.9 Å². The summed E-state index contributed by atoms with van der Waals surface area (Å²) in [7, 11) is 0. The number of likely N-dealkylation sites (tertiary alicyclic amines) is 1. The molecule has 1 aromatic rings. The van der Waals surface area contributed by atoms with Crippen LogP contribution in [0.1, 0.15) is 112 Å². The summed E-state index contributed by atoms with van der Waals surface area (Å²) in [5.74, 6) is 0.943. The third-order valence-corrected chi connectivity index (χ3v) is 6.05. The minimum atomic E-state index is -4.55. The van der Waals surface area contributed by atoms with Gasteiger partial charge in [-0.3, -0.25) is 4.79 Å². The van der Waals surface area contributed by atoms with E-state index in [2.05, 4.69) is 53.6 Å². The van der Waals surface area contributed by atoms with Crippen molar-refractivity contribution in [2.75, 3.05) is 43.4 Å². The topological polar surface area (TPSA) is 82.2 Å². The summed E-state index contributed by atoms with van der Waals surface area (Å²) in [6.07, 6.45) is 6.43. The van der Waals surface area contributed by atoms with Gasteiger partial charge in [-0.25, -0.2) is 4.98 Å². The molecule has 0 spiro atoms. The highest BCUT2D eigenvalue weighted by molar-refractivity contribution is 5.76. The minimum absolute atomic E-state index is 0.117. The molecule has 0 aromatic carbocycles. The van der Waals surface area contributed by atoms with Gasteiger partial charge in [0.05, 0.1) is 0 Å². The van der Waals surface area contributed by atoms with E-state index in [4.69, 9.17) is 0 Å². The molecule has 232 valence electrons. The predicted octanol–water partition coefficient (Wildman–Crippen LogP) is 7.87. The Bertz CT molecular complexity index is 826. The van der Waals surface area contributed by atoms with Crippen LogP contribution < -0.4 is 16.0 Å². The number of piperidine rings is 1. The summed E-state index contributed by atoms with van der Waals surface area (Å²) in [6, 6.07) is 0. The third kappa shape index (κ3) is 16.0. The van der Waals surface area contributed by atoms with Crippen molar-refractivity contribution in [1.29, 1.82) is 0 Å². The van der Waals surface area contributed by atoms with Crippen LogP contribution in [0.25, 0.3) is 0 Å². The average Bonchev–Trinajstić information content (AvgIpc) is 3.42. The predicted molar refractivity (Wildman–Crippen MR) is 161 cm³/mol. The molecular weight excluding hydrogens is 517 g/mol. The Morgan fingerprint density at radius 2 is 1.90 bits per heavy atom. The second-order valence-corrected chi connectivity index (χ2v) is 9.87. The number of alkyl halides is 3. The number of anilines is 2. The summed E-state index contributed by atoms with van der Waals surface area (Å²) in [4.78, 5) is 21.5. The Balaban J connectivity index is 0.00000116. The zero-order valence-corrected chi connectivity index (χ0v) is 26.0. The molecule has 0 saturated carbocycles. The van der Waals surface area contributed by atoms with Gasteiger partial charge in [-0.1, -0.05) is 67.4 Å². The van der Waals surface area contributed by atoms with Gasteiger partial charge >= 0.3 is 6.18 Å². The van der Waals surface area contributed by atoms with Crippen molar-refractivity contribution in [1.82, 2.24) is 20.2 Å². The first kappa shape index (κ1) is 37.6. The largest absolute Gasteiger partial charge is 0.421 e. The van der Waals surface area contributed by atoms with Crippen molar-refractivity contribution >= 4 is 17.7 Å². The number of amides is 1. The molecule has 2 fully saturated rings. The normalized spacial score (nSPS) is 17.1. The van der Waals surface area contributed by atoms with Crippen LogP contribution in [-0.2, 0) is 11.0 Å². The summed E-state index contributed by atoms with van der Waals surface area (Å²) in [5, 5.41) is 9.06. The summed E-state index contributed by atoms with van der Waals surface area (Å²) in [6.45, 7) is 18.6. The number of rotatable bonds is 10. The van der Waals surface area contributed by atoms with Gasteiger partial charge in [-0.2, -0.15) is 18.2 Å². The fraction of sp³-hybridized carbons (Fsp3) is 0.767. The number of aromatic nitrogens is 2. The lowest BCUT2D eigenvalue weighted by Crippen LogP contribution is -2.36. The quantitative estimate of drug-likeness (QED) is 0.248. The number of carbonyl (C=O) groups is 1. The van der Waals surface area contributed by atoms with Gasteiger partial charge in [0.15, 0.2) is 0 Å². The molecule has 3 rings (SSSR count). The number of unbranched alkanes of at least 4 members (excludes halogenated alkanes) is 1. The zero-order valence-electron chi connectivity index (χ0n) is 26.0. The van der Waals surface area contributed by atoms with Crippen molar-refractivity contribution < 1.29 is 18.0 Å². The number of nitrogens with one attached hydrogen (secondary N) is 3. The van der Waals surface area contributed by atoms with Crippen molar-refractivity contribution in [3.8, 4) is 0 Å². The van der Waals surface area contributed by atoms with Crippen LogP contribution in [0.2, 0.25) is 0 Å². The molecule has 0 radical (unpaired) electrons. The van der Waals surface area contributed by atoms with Gasteiger partial charge in [0.1, 0.15) is 11.4 Å². The molecule has 1 unspecified atom stereocenters. The highest BCUT2D eigenvalue weighted by Crippen LogP contribution is 2.34. The first-order valence-electron chi connectivity index (χ1n) is 15.3. The molecule has 7 nitrogen and oxygen atoms in total. The second-order valence-electron chi connectivity index (χ2n) is 9.87. The summed E-state index contributed by atoms with van der Waals surface area (Å²) in [5.41, 5.74) is -0.0196. The molecular formula is C30H55F3N6O. The molecule has 2 aliphatic rings. The lowest BCUT2D eigenvalue weighted by atomic mass is 10.1. The van der Waals surface area contributed by atoms with Crippen molar-refractivity contribution in [2.24, 2.45) is 5.92 Å². The number of halogens is 3. The van der Waals surface area contributed by atoms with Crippen LogP contribution in [-0.4, -0.2) is 53.5 Å². The number of carbonyl (C=O) groups excluding carboxylic acids is 1. The smallest absolute Gasteiger partial charge is 0.369 e. The number of hydrogen-bond acceptors (Lipinski definition) is 6. The Labute approximate surface area is 241 Å². The van der Waals surface area contributed by atoms with E-state index in [0.29, 0.717) is 25.8 Å². The Kier molecular flexibility index (Phi) is 21.0. The molecule has 0 bridgehead atoms. The fourth-order valence-corrected chi connectivity index (χ4v) is 3.90. The molecule has 0 aliphatic carbocycles. The number of hydrogen-bond donors (Lipinski definition) is 3. The van der Waals surface area contributed by atoms with Crippen LogP contribution in [0.5, 0.6) is 0 Å². The first-order chi connectivity index (χ1) is 19.2. The fourth-order valence-electron chi connectivity index (χ4n) is 3.90. The van der Waals surface area contributed by atoms with E-state index in [1.54, 1.807) is 4.90 Å². The van der Waals surface area contributed by atoms with Crippen LogP contribution in [0.3, 0.4) is 0 Å². The van der Waals surface area contributed by atoms with Gasteiger partial charge < -0.3 is 20.9 Å². The lowest BCUT2D eigenvalue weighted by Gasteiger charge is -2.26. The molecule has 2 aliphatic heterocycles. The van der Waals surface area contributed by atoms with E-state index in [9.17, 15) is 18.0 Å². The van der Waals surface area contributed by atoms with Crippen molar-refractivity contribution in [3.05, 3.63) is 23.5 Å². The first-order valence-corrected chi connectivity index (χ1v) is 15.3. The van der Waals surface area contributed by atoms with Gasteiger partial charge in [0.25, 0.3) is 0 Å². The van der Waals surface area contributed by atoms with Gasteiger partial charge in [0.2, 0.25) is 11.9 Å². The molecule has 3 heterocycles. The molecule has 1 aromatic heterocycles. The maximum atomic E-state index is 13.3. The maximum Gasteiger partial charge on any atom is 0.421 e. The highest BCUT2D eigenvalue weighted by atomic mass is 19.4. The van der Waals surface area contributed by atoms with Gasteiger partial charge in [-0.05, 0) is 57.5 Å². The molecule has 2 saturated heterocycles. The second kappa shape index (κ2) is 22.3. The Hall–Kier alpha value is -2.36. The van der Waals surface area contributed by atoms with E-state index in [-0.39, 0.29) is 24.2 Å². The van der Waals surface area contributed by atoms with Gasteiger partial charge in [0, 0.05) is 37.9 Å². The van der Waals surface area contributed by atoms with E-state index in [0.717, 1.165) is 50.0 Å².